The molecule has 0 spiro atoms. The van der Waals surface area contributed by atoms with Crippen LogP contribution in [0.5, 0.6) is 0 Å². The van der Waals surface area contributed by atoms with E-state index in [2.05, 4.69) is 41.6 Å². The van der Waals surface area contributed by atoms with Crippen molar-refractivity contribution < 1.29 is 4.79 Å². The summed E-state index contributed by atoms with van der Waals surface area (Å²) in [5.41, 5.74) is 4.24. The Bertz CT molecular complexity index is 593. The molecule has 0 radical (unpaired) electrons. The maximum Gasteiger partial charge on any atom is 0.277 e. The number of hydrogen-bond acceptors (Lipinski definition) is 5. The minimum absolute atomic E-state index is 0.258. The summed E-state index contributed by atoms with van der Waals surface area (Å²) in [6.45, 7) is 4.06. The lowest BCUT2D eigenvalue weighted by Gasteiger charge is -1.99. The highest BCUT2D eigenvalue weighted by Crippen LogP contribution is 2.27. The second-order valence-electron chi connectivity index (χ2n) is 4.31. The Labute approximate surface area is 126 Å². The molecule has 0 saturated carbocycles. The number of hydrogen-bond donors (Lipinski definition) is 2. The van der Waals surface area contributed by atoms with Crippen molar-refractivity contribution in [3.63, 3.8) is 0 Å². The summed E-state index contributed by atoms with van der Waals surface area (Å²) in [4.78, 5) is 18.0. The van der Waals surface area contributed by atoms with E-state index in [0.29, 0.717) is 4.88 Å². The average Bonchev–Trinajstić information content (AvgIpc) is 2.89. The van der Waals surface area contributed by atoms with E-state index in [4.69, 9.17) is 5.84 Å². The number of nitrogens with one attached hydrogen (secondary N) is 1. The van der Waals surface area contributed by atoms with E-state index >= 15 is 0 Å². The minimum atomic E-state index is -0.258. The number of thiazole rings is 1. The van der Waals surface area contributed by atoms with Gasteiger partial charge in [-0.2, -0.15) is 0 Å². The SMILES string of the molecule is CCc1nc(CSc2ccc(C)cc2)sc1C(=O)NN. The maximum absolute atomic E-state index is 11.6. The number of nitrogens with two attached hydrogens (primary N) is 1. The van der Waals surface area contributed by atoms with E-state index < -0.39 is 0 Å². The average molecular weight is 307 g/mol. The first kappa shape index (κ1) is 15.0. The maximum atomic E-state index is 11.6. The zero-order valence-electron chi connectivity index (χ0n) is 11.5. The fourth-order valence-electron chi connectivity index (χ4n) is 1.72. The molecular formula is C14H17N3OS2. The zero-order valence-corrected chi connectivity index (χ0v) is 13.1. The number of nitrogens with zero attached hydrogens (tertiary/aromatic N) is 1. The number of hydrazine groups is 1. The summed E-state index contributed by atoms with van der Waals surface area (Å²) >= 11 is 3.13. The van der Waals surface area contributed by atoms with Crippen LogP contribution in [0, 0.1) is 6.92 Å². The molecule has 0 atom stereocenters. The molecule has 6 heteroatoms. The highest BCUT2D eigenvalue weighted by atomic mass is 32.2. The first-order valence-corrected chi connectivity index (χ1v) is 8.13. The van der Waals surface area contributed by atoms with Crippen molar-refractivity contribution in [2.24, 2.45) is 5.84 Å². The van der Waals surface area contributed by atoms with Crippen LogP contribution in [0.1, 0.15) is 32.9 Å². The normalized spacial score (nSPS) is 10.6. The number of benzene rings is 1. The predicted octanol–water partition coefficient (Wildman–Crippen LogP) is 2.91. The fraction of sp³-hybridized carbons (Fsp3) is 0.286. The number of carbonyl (C=O) groups excluding carboxylic acids is 1. The monoisotopic (exact) mass is 307 g/mol. The molecular weight excluding hydrogens is 290 g/mol. The molecule has 1 heterocycles. The van der Waals surface area contributed by atoms with Gasteiger partial charge in [0.15, 0.2) is 0 Å². The lowest BCUT2D eigenvalue weighted by molar-refractivity contribution is 0.0956. The summed E-state index contributed by atoms with van der Waals surface area (Å²) in [5, 5.41) is 0.950. The number of rotatable bonds is 5. The van der Waals surface area contributed by atoms with Crippen LogP contribution in [-0.4, -0.2) is 10.9 Å². The molecule has 1 aromatic carbocycles. The molecule has 0 aliphatic rings. The van der Waals surface area contributed by atoms with E-state index in [-0.39, 0.29) is 5.91 Å². The second-order valence-corrected chi connectivity index (χ2v) is 6.44. The topological polar surface area (TPSA) is 68.0 Å². The lowest BCUT2D eigenvalue weighted by Crippen LogP contribution is -2.30. The summed E-state index contributed by atoms with van der Waals surface area (Å²) in [6.07, 6.45) is 0.731. The van der Waals surface area contributed by atoms with Crippen LogP contribution in [-0.2, 0) is 12.2 Å². The molecule has 1 amide bonds. The third kappa shape index (κ3) is 3.59. The molecule has 0 aliphatic heterocycles. The Morgan fingerprint density at radius 1 is 1.40 bits per heavy atom. The van der Waals surface area contributed by atoms with Crippen LogP contribution in [0.15, 0.2) is 29.2 Å². The number of amides is 1. The van der Waals surface area contributed by atoms with Gasteiger partial charge in [0.25, 0.3) is 5.91 Å². The molecule has 0 saturated heterocycles. The predicted molar refractivity (Wildman–Crippen MR) is 83.9 cm³/mol. The molecule has 20 heavy (non-hydrogen) atoms. The van der Waals surface area contributed by atoms with Gasteiger partial charge < -0.3 is 0 Å². The summed E-state index contributed by atoms with van der Waals surface area (Å²) < 4.78 is 0. The lowest BCUT2D eigenvalue weighted by atomic mass is 10.2. The van der Waals surface area contributed by atoms with Crippen molar-refractivity contribution in [2.75, 3.05) is 0 Å². The molecule has 0 aliphatic carbocycles. The quantitative estimate of drug-likeness (QED) is 0.386. The van der Waals surface area contributed by atoms with Crippen LogP contribution >= 0.6 is 23.1 Å². The molecule has 4 nitrogen and oxygen atoms in total. The third-order valence-corrected chi connectivity index (χ3v) is 5.10. The van der Waals surface area contributed by atoms with E-state index in [1.807, 2.05) is 6.92 Å². The number of aromatic nitrogens is 1. The first-order chi connectivity index (χ1) is 9.63. The molecule has 106 valence electrons. The van der Waals surface area contributed by atoms with Crippen molar-refractivity contribution in [1.29, 1.82) is 0 Å². The molecule has 2 rings (SSSR count). The number of aryl methyl sites for hydroxylation is 2. The molecule has 0 fully saturated rings. The van der Waals surface area contributed by atoms with Crippen LogP contribution < -0.4 is 11.3 Å². The Kier molecular flexibility index (Phi) is 5.17. The third-order valence-electron chi connectivity index (χ3n) is 2.80. The van der Waals surface area contributed by atoms with E-state index in [1.165, 1.54) is 21.8 Å². The van der Waals surface area contributed by atoms with Crippen molar-refractivity contribution in [3.05, 3.63) is 45.4 Å². The van der Waals surface area contributed by atoms with E-state index in [1.54, 1.807) is 11.8 Å². The van der Waals surface area contributed by atoms with Gasteiger partial charge in [-0.3, -0.25) is 10.2 Å². The van der Waals surface area contributed by atoms with Gasteiger partial charge in [-0.15, -0.1) is 23.1 Å². The highest BCUT2D eigenvalue weighted by Gasteiger charge is 2.15. The second kappa shape index (κ2) is 6.88. The Morgan fingerprint density at radius 3 is 2.70 bits per heavy atom. The van der Waals surface area contributed by atoms with Crippen LogP contribution in [0.4, 0.5) is 0 Å². The van der Waals surface area contributed by atoms with Crippen LogP contribution in [0.2, 0.25) is 0 Å². The van der Waals surface area contributed by atoms with Gasteiger partial charge in [0.2, 0.25) is 0 Å². The zero-order chi connectivity index (χ0) is 14.5. The van der Waals surface area contributed by atoms with Gasteiger partial charge in [0.05, 0.1) is 11.4 Å². The van der Waals surface area contributed by atoms with Crippen LogP contribution in [0.3, 0.4) is 0 Å². The van der Waals surface area contributed by atoms with Crippen molar-refractivity contribution in [1.82, 2.24) is 10.4 Å². The number of carbonyl (C=O) groups is 1. The summed E-state index contributed by atoms with van der Waals surface area (Å²) in [7, 11) is 0. The number of thioether (sulfide) groups is 1. The standard InChI is InChI=1S/C14H17N3OS2/c1-3-11-13(14(18)17-15)20-12(16-11)8-19-10-6-4-9(2)5-7-10/h4-7H,3,8,15H2,1-2H3,(H,17,18). The van der Waals surface area contributed by atoms with Gasteiger partial charge in [0.1, 0.15) is 9.88 Å². The van der Waals surface area contributed by atoms with Crippen molar-refractivity contribution in [2.45, 2.75) is 30.9 Å². The molecule has 2 aromatic rings. The molecule has 0 unspecified atom stereocenters. The Morgan fingerprint density at radius 2 is 2.10 bits per heavy atom. The van der Waals surface area contributed by atoms with Gasteiger partial charge in [-0.05, 0) is 25.5 Å². The van der Waals surface area contributed by atoms with Gasteiger partial charge >= 0.3 is 0 Å². The summed E-state index contributed by atoms with van der Waals surface area (Å²) in [6, 6.07) is 8.38. The van der Waals surface area contributed by atoms with Gasteiger partial charge in [0, 0.05) is 4.90 Å². The van der Waals surface area contributed by atoms with Crippen LogP contribution in [0.25, 0.3) is 0 Å². The van der Waals surface area contributed by atoms with Crippen molar-refractivity contribution in [3.8, 4) is 0 Å². The van der Waals surface area contributed by atoms with E-state index in [9.17, 15) is 4.79 Å². The number of nitrogen functional groups attached to an aromatic ring is 1. The van der Waals surface area contributed by atoms with Gasteiger partial charge in [-0.25, -0.2) is 10.8 Å². The highest BCUT2D eigenvalue weighted by molar-refractivity contribution is 7.98. The molecule has 1 aromatic heterocycles. The Hall–Kier alpha value is -1.37. The largest absolute Gasteiger partial charge is 0.289 e. The molecule has 0 bridgehead atoms. The van der Waals surface area contributed by atoms with Crippen molar-refractivity contribution >= 4 is 29.0 Å². The van der Waals surface area contributed by atoms with E-state index in [0.717, 1.165) is 22.9 Å². The smallest absolute Gasteiger partial charge is 0.277 e. The minimum Gasteiger partial charge on any atom is -0.289 e. The molecule has 3 N–H and O–H groups in total. The first-order valence-electron chi connectivity index (χ1n) is 6.33. The Balaban J connectivity index is 2.08. The van der Waals surface area contributed by atoms with Gasteiger partial charge in [-0.1, -0.05) is 24.6 Å². The summed E-state index contributed by atoms with van der Waals surface area (Å²) in [5.74, 6) is 5.69. The fourth-order valence-corrected chi connectivity index (χ4v) is 3.67.